The summed E-state index contributed by atoms with van der Waals surface area (Å²) in [6, 6.07) is 10.1. The average Bonchev–Trinajstić information content (AvgIpc) is 3.17. The van der Waals surface area contributed by atoms with Gasteiger partial charge in [0.15, 0.2) is 5.82 Å². The molecule has 0 saturated heterocycles. The van der Waals surface area contributed by atoms with Crippen LogP contribution in [0.2, 0.25) is 0 Å². The van der Waals surface area contributed by atoms with Crippen molar-refractivity contribution in [3.05, 3.63) is 59.6 Å². The summed E-state index contributed by atoms with van der Waals surface area (Å²) in [5, 5.41) is 6.40. The van der Waals surface area contributed by atoms with Crippen LogP contribution in [0.5, 0.6) is 0 Å². The summed E-state index contributed by atoms with van der Waals surface area (Å²) in [5.74, 6) is 1.26. The minimum absolute atomic E-state index is 0.273. The van der Waals surface area contributed by atoms with E-state index in [-0.39, 0.29) is 11.9 Å². The highest BCUT2D eigenvalue weighted by molar-refractivity contribution is 6.03. The number of amides is 1. The fourth-order valence-electron chi connectivity index (χ4n) is 3.05. The fraction of sp³-hybridized carbons (Fsp3) is 0.222. The first kappa shape index (κ1) is 15.3. The molecule has 1 aliphatic heterocycles. The van der Waals surface area contributed by atoms with Gasteiger partial charge in [-0.1, -0.05) is 23.4 Å². The van der Waals surface area contributed by atoms with E-state index < -0.39 is 0 Å². The number of fused-ring (bicyclic) bond motifs is 1. The number of hydrogen-bond acceptors (Lipinski definition) is 6. The lowest BCUT2D eigenvalue weighted by molar-refractivity contribution is 0.102. The summed E-state index contributed by atoms with van der Waals surface area (Å²) in [5.41, 5.74) is 2.76. The predicted octanol–water partition coefficient (Wildman–Crippen LogP) is 3.11. The van der Waals surface area contributed by atoms with E-state index in [1.165, 1.54) is 18.0 Å². The molecular formula is C18H17N5O2. The standard InChI is InChI=1S/C18H17N5O2/c1-11-7-13-5-3-4-6-15(13)23(11)18-19-9-14(10-20-18)17(24)21-16-8-12(2)25-22-16/h3-6,8-11H,7H2,1-2H3,(H,21,22,24). The molecule has 0 saturated carbocycles. The summed E-state index contributed by atoms with van der Waals surface area (Å²) in [6.45, 7) is 3.90. The van der Waals surface area contributed by atoms with Crippen molar-refractivity contribution in [3.8, 4) is 0 Å². The van der Waals surface area contributed by atoms with Crippen molar-refractivity contribution in [1.29, 1.82) is 0 Å². The molecule has 7 heteroatoms. The minimum Gasteiger partial charge on any atom is -0.360 e. The number of nitrogens with one attached hydrogen (secondary N) is 1. The van der Waals surface area contributed by atoms with Crippen molar-refractivity contribution in [1.82, 2.24) is 15.1 Å². The normalized spacial score (nSPS) is 15.9. The monoisotopic (exact) mass is 335 g/mol. The van der Waals surface area contributed by atoms with Crippen molar-refractivity contribution in [2.45, 2.75) is 26.3 Å². The molecule has 1 unspecified atom stereocenters. The van der Waals surface area contributed by atoms with E-state index in [0.717, 1.165) is 12.1 Å². The molecule has 4 rings (SSSR count). The van der Waals surface area contributed by atoms with Crippen LogP contribution >= 0.6 is 0 Å². The Morgan fingerprint density at radius 1 is 1.28 bits per heavy atom. The van der Waals surface area contributed by atoms with Crippen LogP contribution in [0.4, 0.5) is 17.5 Å². The van der Waals surface area contributed by atoms with Crippen molar-refractivity contribution in [2.75, 3.05) is 10.2 Å². The Balaban J connectivity index is 1.55. The number of aromatic nitrogens is 3. The minimum atomic E-state index is -0.324. The molecule has 3 heterocycles. The molecule has 0 radical (unpaired) electrons. The molecule has 25 heavy (non-hydrogen) atoms. The Morgan fingerprint density at radius 2 is 2.04 bits per heavy atom. The van der Waals surface area contributed by atoms with Crippen LogP contribution in [0.25, 0.3) is 0 Å². The van der Waals surface area contributed by atoms with Crippen LogP contribution in [0.1, 0.15) is 28.6 Å². The van der Waals surface area contributed by atoms with E-state index >= 15 is 0 Å². The van der Waals surface area contributed by atoms with Crippen LogP contribution in [0, 0.1) is 6.92 Å². The highest BCUT2D eigenvalue weighted by Crippen LogP contribution is 2.36. The molecule has 1 aliphatic rings. The number of anilines is 3. The number of carbonyl (C=O) groups excluding carboxylic acids is 1. The quantitative estimate of drug-likeness (QED) is 0.792. The van der Waals surface area contributed by atoms with E-state index in [2.05, 4.69) is 44.4 Å². The third kappa shape index (κ3) is 2.84. The Morgan fingerprint density at radius 3 is 2.76 bits per heavy atom. The van der Waals surface area contributed by atoms with Gasteiger partial charge in [-0.3, -0.25) is 4.79 Å². The maximum absolute atomic E-state index is 12.2. The van der Waals surface area contributed by atoms with E-state index in [9.17, 15) is 4.79 Å². The first-order valence-electron chi connectivity index (χ1n) is 8.05. The molecule has 3 aromatic rings. The number of hydrogen-bond donors (Lipinski definition) is 1. The van der Waals surface area contributed by atoms with Gasteiger partial charge >= 0.3 is 0 Å². The number of benzene rings is 1. The Bertz CT molecular complexity index is 919. The van der Waals surface area contributed by atoms with Crippen LogP contribution in [-0.2, 0) is 6.42 Å². The Hall–Kier alpha value is -3.22. The molecule has 1 aromatic carbocycles. The smallest absolute Gasteiger partial charge is 0.260 e. The molecule has 7 nitrogen and oxygen atoms in total. The largest absolute Gasteiger partial charge is 0.360 e. The van der Waals surface area contributed by atoms with E-state index in [1.54, 1.807) is 13.0 Å². The first-order valence-corrected chi connectivity index (χ1v) is 8.05. The lowest BCUT2D eigenvalue weighted by atomic mass is 10.1. The molecule has 0 bridgehead atoms. The van der Waals surface area contributed by atoms with Gasteiger partial charge in [-0.25, -0.2) is 9.97 Å². The SMILES string of the molecule is Cc1cc(NC(=O)c2cnc(N3c4ccccc4CC3C)nc2)no1. The van der Waals surface area contributed by atoms with Gasteiger partial charge in [0, 0.05) is 30.2 Å². The second kappa shape index (κ2) is 6.01. The summed E-state index contributed by atoms with van der Waals surface area (Å²) in [7, 11) is 0. The molecule has 1 amide bonds. The highest BCUT2D eigenvalue weighted by Gasteiger charge is 2.28. The van der Waals surface area contributed by atoms with Gasteiger partial charge in [-0.15, -0.1) is 0 Å². The molecule has 126 valence electrons. The van der Waals surface area contributed by atoms with Gasteiger partial charge in [0.05, 0.1) is 5.56 Å². The number of carbonyl (C=O) groups is 1. The van der Waals surface area contributed by atoms with Gasteiger partial charge < -0.3 is 14.7 Å². The lowest BCUT2D eigenvalue weighted by Crippen LogP contribution is -2.26. The van der Waals surface area contributed by atoms with E-state index in [1.807, 2.05) is 12.1 Å². The zero-order valence-electron chi connectivity index (χ0n) is 13.9. The van der Waals surface area contributed by atoms with Crippen molar-refractivity contribution in [2.24, 2.45) is 0 Å². The molecular weight excluding hydrogens is 318 g/mol. The second-order valence-corrected chi connectivity index (χ2v) is 6.10. The van der Waals surface area contributed by atoms with Crippen LogP contribution < -0.4 is 10.2 Å². The predicted molar refractivity (Wildman–Crippen MR) is 93.0 cm³/mol. The summed E-state index contributed by atoms with van der Waals surface area (Å²) < 4.78 is 4.93. The third-order valence-electron chi connectivity index (χ3n) is 4.19. The van der Waals surface area contributed by atoms with Gasteiger partial charge in [0.25, 0.3) is 5.91 Å². The Kier molecular flexibility index (Phi) is 3.68. The van der Waals surface area contributed by atoms with Gasteiger partial charge in [0.2, 0.25) is 5.95 Å². The zero-order valence-corrected chi connectivity index (χ0v) is 13.9. The Labute approximate surface area is 144 Å². The summed E-state index contributed by atoms with van der Waals surface area (Å²) >= 11 is 0. The average molecular weight is 335 g/mol. The van der Waals surface area contributed by atoms with Crippen molar-refractivity contribution in [3.63, 3.8) is 0 Å². The number of rotatable bonds is 3. The van der Waals surface area contributed by atoms with Gasteiger partial charge in [-0.2, -0.15) is 0 Å². The van der Waals surface area contributed by atoms with E-state index in [4.69, 9.17) is 4.52 Å². The van der Waals surface area contributed by atoms with Crippen LogP contribution in [0.15, 0.2) is 47.2 Å². The van der Waals surface area contributed by atoms with Crippen LogP contribution in [0.3, 0.4) is 0 Å². The van der Waals surface area contributed by atoms with Gasteiger partial charge in [-0.05, 0) is 31.9 Å². The van der Waals surface area contributed by atoms with Crippen LogP contribution in [-0.4, -0.2) is 27.1 Å². The fourth-order valence-corrected chi connectivity index (χ4v) is 3.05. The lowest BCUT2D eigenvalue weighted by Gasteiger charge is -2.22. The topological polar surface area (TPSA) is 84.2 Å². The molecule has 0 fully saturated rings. The maximum Gasteiger partial charge on any atom is 0.260 e. The molecule has 1 N–H and O–H groups in total. The third-order valence-corrected chi connectivity index (χ3v) is 4.19. The highest BCUT2D eigenvalue weighted by atomic mass is 16.5. The second-order valence-electron chi connectivity index (χ2n) is 6.10. The molecule has 1 atom stereocenters. The zero-order chi connectivity index (χ0) is 17.4. The number of aryl methyl sites for hydroxylation is 1. The number of para-hydroxylation sites is 1. The number of nitrogens with zero attached hydrogens (tertiary/aromatic N) is 4. The van der Waals surface area contributed by atoms with Gasteiger partial charge in [0.1, 0.15) is 5.76 Å². The molecule has 0 spiro atoms. The van der Waals surface area contributed by atoms with Crippen molar-refractivity contribution < 1.29 is 9.32 Å². The maximum atomic E-state index is 12.2. The summed E-state index contributed by atoms with van der Waals surface area (Å²) in [4.78, 5) is 23.1. The molecule has 0 aliphatic carbocycles. The van der Waals surface area contributed by atoms with Crippen molar-refractivity contribution >= 4 is 23.4 Å². The first-order chi connectivity index (χ1) is 12.1. The van der Waals surface area contributed by atoms with E-state index in [0.29, 0.717) is 23.1 Å². The molecule has 2 aromatic heterocycles. The summed E-state index contributed by atoms with van der Waals surface area (Å²) in [6.07, 6.45) is 4.00.